The average Bonchev–Trinajstić information content (AvgIpc) is 3.30. The lowest BCUT2D eigenvalue weighted by atomic mass is 10.3. The van der Waals surface area contributed by atoms with Gasteiger partial charge in [0, 0.05) is 12.6 Å². The van der Waals surface area contributed by atoms with Crippen LogP contribution >= 0.6 is 23.7 Å². The summed E-state index contributed by atoms with van der Waals surface area (Å²) in [5.74, 6) is 1.67. The summed E-state index contributed by atoms with van der Waals surface area (Å²) in [6.45, 7) is 3.11. The standard InChI is InChI=1S/C19H24N4O4S.ClH/c1-12-11-13(21-27-12)18(24)23(10-6-9-22(2)3)19-20-16-14(25-4)7-8-15(26-5)17(16)28-19;/h7-8,11H,6,9-10H2,1-5H3;1H. The van der Waals surface area contributed by atoms with Gasteiger partial charge in [0.2, 0.25) is 0 Å². The van der Waals surface area contributed by atoms with E-state index in [1.807, 2.05) is 26.2 Å². The van der Waals surface area contributed by atoms with E-state index in [-0.39, 0.29) is 24.0 Å². The van der Waals surface area contributed by atoms with Crippen molar-refractivity contribution in [3.63, 3.8) is 0 Å². The average molecular weight is 441 g/mol. The zero-order chi connectivity index (χ0) is 20.3. The van der Waals surface area contributed by atoms with Crippen molar-refractivity contribution in [2.24, 2.45) is 0 Å². The van der Waals surface area contributed by atoms with Gasteiger partial charge in [-0.05, 0) is 46.1 Å². The third kappa shape index (κ3) is 4.98. The number of rotatable bonds is 8. The van der Waals surface area contributed by atoms with Crippen LogP contribution in [-0.4, -0.2) is 62.4 Å². The molecule has 158 valence electrons. The van der Waals surface area contributed by atoms with Gasteiger partial charge in [-0.3, -0.25) is 9.69 Å². The Morgan fingerprint density at radius 3 is 2.45 bits per heavy atom. The number of aromatic nitrogens is 2. The fraction of sp³-hybridized carbons (Fsp3) is 0.421. The van der Waals surface area contributed by atoms with Gasteiger partial charge < -0.3 is 18.9 Å². The second-order valence-corrected chi connectivity index (χ2v) is 7.56. The molecule has 3 rings (SSSR count). The molecular weight excluding hydrogens is 416 g/mol. The normalized spacial score (nSPS) is 10.8. The third-order valence-electron chi connectivity index (χ3n) is 4.21. The Kier molecular flexibility index (Phi) is 7.83. The minimum Gasteiger partial charge on any atom is -0.495 e. The minimum absolute atomic E-state index is 0. The number of methoxy groups -OCH3 is 2. The number of ether oxygens (including phenoxy) is 2. The van der Waals surface area contributed by atoms with E-state index >= 15 is 0 Å². The fourth-order valence-electron chi connectivity index (χ4n) is 2.82. The van der Waals surface area contributed by atoms with Crippen LogP contribution < -0.4 is 14.4 Å². The predicted octanol–water partition coefficient (Wildman–Crippen LogP) is 3.63. The third-order valence-corrected chi connectivity index (χ3v) is 5.30. The summed E-state index contributed by atoms with van der Waals surface area (Å²) in [5, 5.41) is 4.45. The summed E-state index contributed by atoms with van der Waals surface area (Å²) in [5.41, 5.74) is 0.934. The Hall–Kier alpha value is -2.36. The summed E-state index contributed by atoms with van der Waals surface area (Å²) in [6, 6.07) is 5.28. The number of carbonyl (C=O) groups excluding carboxylic acids is 1. The van der Waals surface area contributed by atoms with Crippen LogP contribution in [0.1, 0.15) is 22.7 Å². The van der Waals surface area contributed by atoms with Crippen LogP contribution in [0.25, 0.3) is 10.2 Å². The van der Waals surface area contributed by atoms with Crippen molar-refractivity contribution in [1.82, 2.24) is 15.0 Å². The molecule has 8 nitrogen and oxygen atoms in total. The van der Waals surface area contributed by atoms with Gasteiger partial charge in [-0.15, -0.1) is 12.4 Å². The molecule has 0 spiro atoms. The van der Waals surface area contributed by atoms with Crippen LogP contribution in [0.3, 0.4) is 0 Å². The summed E-state index contributed by atoms with van der Waals surface area (Å²) in [6.07, 6.45) is 0.791. The second-order valence-electron chi connectivity index (χ2n) is 6.58. The number of carbonyl (C=O) groups is 1. The Morgan fingerprint density at radius 1 is 1.17 bits per heavy atom. The van der Waals surface area contributed by atoms with Gasteiger partial charge in [0.1, 0.15) is 27.5 Å². The molecule has 10 heteroatoms. The molecule has 0 atom stereocenters. The van der Waals surface area contributed by atoms with Gasteiger partial charge in [-0.1, -0.05) is 16.5 Å². The molecule has 0 fully saturated rings. The van der Waals surface area contributed by atoms with Crippen LogP contribution in [0.2, 0.25) is 0 Å². The van der Waals surface area contributed by atoms with Gasteiger partial charge in [-0.2, -0.15) is 0 Å². The van der Waals surface area contributed by atoms with Crippen LogP contribution in [-0.2, 0) is 0 Å². The summed E-state index contributed by atoms with van der Waals surface area (Å²) in [4.78, 5) is 21.5. The number of aryl methyl sites for hydroxylation is 1. The van der Waals surface area contributed by atoms with E-state index in [9.17, 15) is 4.79 Å². The number of anilines is 1. The minimum atomic E-state index is -0.243. The van der Waals surface area contributed by atoms with Gasteiger partial charge in [0.15, 0.2) is 10.8 Å². The van der Waals surface area contributed by atoms with E-state index in [1.165, 1.54) is 11.3 Å². The highest BCUT2D eigenvalue weighted by Crippen LogP contribution is 2.40. The van der Waals surface area contributed by atoms with E-state index in [1.54, 1.807) is 32.1 Å². The van der Waals surface area contributed by atoms with Crippen molar-refractivity contribution in [2.45, 2.75) is 13.3 Å². The quantitative estimate of drug-likeness (QED) is 0.529. The second kappa shape index (κ2) is 9.91. The fourth-order valence-corrected chi connectivity index (χ4v) is 3.92. The lowest BCUT2D eigenvalue weighted by Gasteiger charge is -2.19. The maximum atomic E-state index is 13.1. The summed E-state index contributed by atoms with van der Waals surface area (Å²) < 4.78 is 16.8. The highest BCUT2D eigenvalue weighted by atomic mass is 35.5. The molecule has 3 aromatic rings. The van der Waals surface area contributed by atoms with Gasteiger partial charge in [-0.25, -0.2) is 4.98 Å². The SMILES string of the molecule is COc1ccc(OC)c2sc(N(CCCN(C)C)C(=O)c3cc(C)on3)nc12.Cl. The maximum absolute atomic E-state index is 13.1. The molecule has 0 N–H and O–H groups in total. The number of amides is 1. The molecule has 0 saturated carbocycles. The number of fused-ring (bicyclic) bond motifs is 1. The smallest absolute Gasteiger partial charge is 0.282 e. The number of benzene rings is 1. The number of hydrogen-bond acceptors (Lipinski definition) is 8. The van der Waals surface area contributed by atoms with Gasteiger partial charge >= 0.3 is 0 Å². The van der Waals surface area contributed by atoms with E-state index in [2.05, 4.69) is 10.1 Å². The Balaban J connectivity index is 0.00000300. The molecule has 29 heavy (non-hydrogen) atoms. The molecule has 1 amide bonds. The molecule has 0 aliphatic rings. The topological polar surface area (TPSA) is 80.9 Å². The lowest BCUT2D eigenvalue weighted by molar-refractivity contribution is 0.0977. The zero-order valence-electron chi connectivity index (χ0n) is 17.1. The largest absolute Gasteiger partial charge is 0.495 e. The maximum Gasteiger partial charge on any atom is 0.282 e. The number of thiazole rings is 1. The van der Waals surface area contributed by atoms with E-state index < -0.39 is 0 Å². The lowest BCUT2D eigenvalue weighted by Crippen LogP contribution is -2.33. The molecule has 2 heterocycles. The van der Waals surface area contributed by atoms with Crippen molar-refractivity contribution in [2.75, 3.05) is 46.3 Å². The molecular formula is C19H25ClN4O4S. The van der Waals surface area contributed by atoms with E-state index in [4.69, 9.17) is 19.0 Å². The molecule has 0 unspecified atom stereocenters. The Bertz CT molecular complexity index is 931. The number of halogens is 1. The van der Waals surface area contributed by atoms with Crippen LogP contribution in [0.5, 0.6) is 11.5 Å². The van der Waals surface area contributed by atoms with Crippen LogP contribution in [0.15, 0.2) is 22.7 Å². The van der Waals surface area contributed by atoms with Crippen LogP contribution in [0, 0.1) is 6.92 Å². The Morgan fingerprint density at radius 2 is 1.86 bits per heavy atom. The molecule has 1 aromatic carbocycles. The first kappa shape index (κ1) is 22.9. The van der Waals surface area contributed by atoms with Crippen LogP contribution in [0.4, 0.5) is 5.13 Å². The highest BCUT2D eigenvalue weighted by Gasteiger charge is 2.25. The first-order chi connectivity index (χ1) is 13.4. The predicted molar refractivity (Wildman–Crippen MR) is 116 cm³/mol. The van der Waals surface area contributed by atoms with E-state index in [0.29, 0.717) is 34.5 Å². The number of nitrogens with zero attached hydrogens (tertiary/aromatic N) is 4. The van der Waals surface area contributed by atoms with Gasteiger partial charge in [0.05, 0.1) is 14.2 Å². The van der Waals surface area contributed by atoms with Crippen molar-refractivity contribution in [3.05, 3.63) is 29.7 Å². The van der Waals surface area contributed by atoms with Crippen molar-refractivity contribution >= 4 is 45.0 Å². The highest BCUT2D eigenvalue weighted by molar-refractivity contribution is 7.22. The molecule has 0 bridgehead atoms. The number of hydrogen-bond donors (Lipinski definition) is 0. The molecule has 2 aromatic heterocycles. The molecule has 0 saturated heterocycles. The first-order valence-electron chi connectivity index (χ1n) is 8.86. The molecule has 0 aliphatic carbocycles. The van der Waals surface area contributed by atoms with Crippen molar-refractivity contribution in [1.29, 1.82) is 0 Å². The Labute approximate surface area is 179 Å². The summed E-state index contributed by atoms with van der Waals surface area (Å²) >= 11 is 1.39. The molecule has 0 aliphatic heterocycles. The monoisotopic (exact) mass is 440 g/mol. The van der Waals surface area contributed by atoms with Crippen molar-refractivity contribution in [3.8, 4) is 11.5 Å². The van der Waals surface area contributed by atoms with E-state index in [0.717, 1.165) is 17.7 Å². The van der Waals surface area contributed by atoms with Gasteiger partial charge in [0.25, 0.3) is 5.91 Å². The summed E-state index contributed by atoms with van der Waals surface area (Å²) in [7, 11) is 7.21. The van der Waals surface area contributed by atoms with Crippen molar-refractivity contribution < 1.29 is 18.8 Å². The molecule has 0 radical (unpaired) electrons. The zero-order valence-corrected chi connectivity index (χ0v) is 18.7. The first-order valence-corrected chi connectivity index (χ1v) is 9.67.